The van der Waals surface area contributed by atoms with Gasteiger partial charge in [-0.1, -0.05) is 34.6 Å². The summed E-state index contributed by atoms with van der Waals surface area (Å²) in [4.78, 5) is 53.1. The van der Waals surface area contributed by atoms with Crippen LogP contribution in [0.25, 0.3) is 0 Å². The minimum atomic E-state index is -1.34. The first-order valence-electron chi connectivity index (χ1n) is 16.4. The minimum Gasteiger partial charge on any atom is -0.458 e. The van der Waals surface area contributed by atoms with Crippen LogP contribution in [-0.4, -0.2) is 42.4 Å². The quantitative estimate of drug-likeness (QED) is 0.0871. The maximum atomic E-state index is 14.2. The summed E-state index contributed by atoms with van der Waals surface area (Å²) in [6, 6.07) is 2.34. The molecule has 9 nitrogen and oxygen atoms in total. The van der Waals surface area contributed by atoms with Gasteiger partial charge in [-0.25, -0.2) is 0 Å². The highest BCUT2D eigenvalue weighted by atomic mass is 16.7. The lowest BCUT2D eigenvalue weighted by Crippen LogP contribution is -2.58. The van der Waals surface area contributed by atoms with Gasteiger partial charge in [0.15, 0.2) is 6.29 Å². The molecular weight excluding hydrogens is 562 g/mol. The number of nitrogens with zero attached hydrogens (tertiary/aromatic N) is 1. The van der Waals surface area contributed by atoms with Crippen LogP contribution in [0.2, 0.25) is 0 Å². The molecule has 1 saturated heterocycles. The van der Waals surface area contributed by atoms with Crippen molar-refractivity contribution < 1.29 is 38.1 Å². The molecule has 248 valence electrons. The molecule has 7 unspecified atom stereocenters. The molecule has 2 bridgehead atoms. The molecule has 3 aliphatic rings. The van der Waals surface area contributed by atoms with Crippen molar-refractivity contribution in [3.05, 3.63) is 0 Å². The molecule has 0 radical (unpaired) electrons. The van der Waals surface area contributed by atoms with Crippen molar-refractivity contribution in [3.8, 4) is 6.07 Å². The van der Waals surface area contributed by atoms with Gasteiger partial charge in [-0.15, -0.1) is 0 Å². The number of cyclic esters (lactones) is 2. The van der Waals surface area contributed by atoms with E-state index in [-0.39, 0.29) is 42.5 Å². The summed E-state index contributed by atoms with van der Waals surface area (Å²) in [5, 5.41) is 10.5. The predicted molar refractivity (Wildman–Crippen MR) is 163 cm³/mol. The van der Waals surface area contributed by atoms with Gasteiger partial charge < -0.3 is 18.9 Å². The lowest BCUT2D eigenvalue weighted by Gasteiger charge is -2.54. The first-order valence-corrected chi connectivity index (χ1v) is 16.4. The second-order valence-corrected chi connectivity index (χ2v) is 15.9. The van der Waals surface area contributed by atoms with Gasteiger partial charge >= 0.3 is 23.9 Å². The van der Waals surface area contributed by atoms with E-state index < -0.39 is 51.5 Å². The third kappa shape index (κ3) is 6.04. The van der Waals surface area contributed by atoms with Crippen molar-refractivity contribution in [2.24, 2.45) is 38.4 Å². The molecule has 3 rings (SSSR count). The maximum absolute atomic E-state index is 14.2. The molecular formula is C35H55NO8. The number of carbonyl (C=O) groups excluding carboxylic acids is 4. The highest BCUT2D eigenvalue weighted by Gasteiger charge is 2.71. The summed E-state index contributed by atoms with van der Waals surface area (Å²) in [5.41, 5.74) is -5.81. The molecule has 44 heavy (non-hydrogen) atoms. The normalized spacial score (nSPS) is 32.7. The Hall–Kier alpha value is -2.47. The summed E-state index contributed by atoms with van der Waals surface area (Å²) in [6.07, 6.45) is 3.25. The molecule has 9 heteroatoms. The SMILES string of the molecule is CCOC(C)OC(=O)C(C)(CC(C)(C#N)CC1(CC)CC(=O)OC1=O)CC(C)(C)C(=O)OC1(CC)C2(C)CCC(C2)C1(C)C. The number of esters is 4. The third-order valence-electron chi connectivity index (χ3n) is 11.7. The summed E-state index contributed by atoms with van der Waals surface area (Å²) < 4.78 is 22.8. The van der Waals surface area contributed by atoms with Gasteiger partial charge in [-0.2, -0.15) is 5.26 Å². The smallest absolute Gasteiger partial charge is 0.320 e. The fourth-order valence-electron chi connectivity index (χ4n) is 9.53. The Labute approximate surface area is 264 Å². The second-order valence-electron chi connectivity index (χ2n) is 15.9. The highest BCUT2D eigenvalue weighted by Crippen LogP contribution is 2.70. The molecule has 3 fully saturated rings. The van der Waals surface area contributed by atoms with Crippen LogP contribution in [0.3, 0.4) is 0 Å². The monoisotopic (exact) mass is 617 g/mol. The fraction of sp³-hybridized carbons (Fsp3) is 0.857. The van der Waals surface area contributed by atoms with E-state index in [1.165, 1.54) is 0 Å². The maximum Gasteiger partial charge on any atom is 0.320 e. The van der Waals surface area contributed by atoms with Crippen molar-refractivity contribution in [3.63, 3.8) is 0 Å². The summed E-state index contributed by atoms with van der Waals surface area (Å²) in [5.74, 6) is -1.77. The van der Waals surface area contributed by atoms with Crippen LogP contribution in [0.5, 0.6) is 0 Å². The Morgan fingerprint density at radius 2 is 1.68 bits per heavy atom. The Kier molecular flexibility index (Phi) is 9.85. The van der Waals surface area contributed by atoms with Crippen molar-refractivity contribution in [1.29, 1.82) is 5.26 Å². The van der Waals surface area contributed by atoms with Gasteiger partial charge in [-0.05, 0) is 98.8 Å². The zero-order valence-electron chi connectivity index (χ0n) is 28.9. The average molecular weight is 618 g/mol. The predicted octanol–water partition coefficient (Wildman–Crippen LogP) is 7.05. The van der Waals surface area contributed by atoms with E-state index in [1.54, 1.807) is 48.5 Å². The van der Waals surface area contributed by atoms with Gasteiger partial charge in [0.25, 0.3) is 0 Å². The van der Waals surface area contributed by atoms with E-state index in [0.29, 0.717) is 25.4 Å². The Balaban J connectivity index is 1.97. The van der Waals surface area contributed by atoms with Crippen molar-refractivity contribution >= 4 is 23.9 Å². The lowest BCUT2D eigenvalue weighted by molar-refractivity contribution is -0.212. The first-order chi connectivity index (χ1) is 20.1. The molecule has 2 aliphatic carbocycles. The van der Waals surface area contributed by atoms with E-state index in [1.807, 2.05) is 0 Å². The van der Waals surface area contributed by atoms with Gasteiger partial charge in [0.05, 0.1) is 34.2 Å². The van der Waals surface area contributed by atoms with E-state index in [2.05, 4.69) is 33.8 Å². The van der Waals surface area contributed by atoms with Gasteiger partial charge in [0, 0.05) is 17.4 Å². The van der Waals surface area contributed by atoms with Crippen LogP contribution >= 0.6 is 0 Å². The molecule has 0 amide bonds. The van der Waals surface area contributed by atoms with Crippen molar-refractivity contribution in [1.82, 2.24) is 0 Å². The van der Waals surface area contributed by atoms with Crippen molar-refractivity contribution in [2.45, 2.75) is 146 Å². The first kappa shape index (κ1) is 36.0. The van der Waals surface area contributed by atoms with Crippen LogP contribution < -0.4 is 0 Å². The molecule has 0 N–H and O–H groups in total. The third-order valence-corrected chi connectivity index (χ3v) is 11.7. The molecule has 0 aromatic rings. The number of hydrogen-bond donors (Lipinski definition) is 0. The molecule has 1 heterocycles. The van der Waals surface area contributed by atoms with E-state index in [4.69, 9.17) is 18.9 Å². The molecule has 0 aromatic carbocycles. The summed E-state index contributed by atoms with van der Waals surface area (Å²) >= 11 is 0. The molecule has 0 aromatic heterocycles. The Morgan fingerprint density at radius 1 is 1.05 bits per heavy atom. The second kappa shape index (κ2) is 12.0. The van der Waals surface area contributed by atoms with Gasteiger partial charge in [0.1, 0.15) is 5.60 Å². The lowest BCUT2D eigenvalue weighted by atomic mass is 9.58. The zero-order chi connectivity index (χ0) is 33.6. The molecule has 7 atom stereocenters. The highest BCUT2D eigenvalue weighted by molar-refractivity contribution is 5.97. The van der Waals surface area contributed by atoms with Crippen LogP contribution in [0.4, 0.5) is 0 Å². The molecule has 0 spiro atoms. The zero-order valence-corrected chi connectivity index (χ0v) is 28.9. The van der Waals surface area contributed by atoms with E-state index in [9.17, 15) is 24.4 Å². The van der Waals surface area contributed by atoms with Crippen LogP contribution in [0, 0.1) is 49.7 Å². The number of fused-ring (bicyclic) bond motifs is 2. The van der Waals surface area contributed by atoms with Crippen LogP contribution in [0.15, 0.2) is 0 Å². The topological polar surface area (TPSA) is 129 Å². The van der Waals surface area contributed by atoms with E-state index >= 15 is 0 Å². The average Bonchev–Trinajstić information content (AvgIpc) is 3.50. The Morgan fingerprint density at radius 3 is 2.14 bits per heavy atom. The summed E-state index contributed by atoms with van der Waals surface area (Å²) in [7, 11) is 0. The number of hydrogen-bond acceptors (Lipinski definition) is 9. The van der Waals surface area contributed by atoms with Crippen molar-refractivity contribution in [2.75, 3.05) is 6.61 Å². The van der Waals surface area contributed by atoms with Crippen LogP contribution in [0.1, 0.15) is 134 Å². The van der Waals surface area contributed by atoms with Gasteiger partial charge in [0.2, 0.25) is 0 Å². The number of rotatable bonds is 14. The molecule has 2 saturated carbocycles. The van der Waals surface area contributed by atoms with E-state index in [0.717, 1.165) is 19.3 Å². The number of carbonyl (C=O) groups is 4. The van der Waals surface area contributed by atoms with Gasteiger partial charge in [-0.3, -0.25) is 19.2 Å². The fourth-order valence-corrected chi connectivity index (χ4v) is 9.53. The number of nitriles is 1. The minimum absolute atomic E-state index is 0.0156. The van der Waals surface area contributed by atoms with Crippen LogP contribution in [-0.2, 0) is 38.1 Å². The number of ether oxygens (including phenoxy) is 4. The Bertz CT molecular complexity index is 1200. The molecule has 1 aliphatic heterocycles. The standard InChI is InChI=1S/C35H55NO8/c1-12-34(18-25(37)43-28(34)40)21-31(9,22-36)20-32(10,27(39)42-23(4)41-14-3)19-29(5,6)26(38)44-35(13-2)30(7,8)24-15-16-33(35,11)17-24/h23-24H,12-21H2,1-11H3. The summed E-state index contributed by atoms with van der Waals surface area (Å²) in [6.45, 7) is 21.2. The largest absolute Gasteiger partial charge is 0.458 e.